The molecule has 7 rings (SSSR count). The zero-order chi connectivity index (χ0) is 27.3. The van der Waals surface area contributed by atoms with Crippen LogP contribution in [0.1, 0.15) is 55.1 Å². The summed E-state index contributed by atoms with van der Waals surface area (Å²) in [5.74, 6) is 0. The molecule has 5 aromatic rings. The second kappa shape index (κ2) is 9.93. The smallest absolute Gasteiger partial charge is 0.181 e. The minimum absolute atomic E-state index is 0.322. The summed E-state index contributed by atoms with van der Waals surface area (Å²) in [7, 11) is 0. The van der Waals surface area contributed by atoms with Crippen LogP contribution in [0.3, 0.4) is 0 Å². The van der Waals surface area contributed by atoms with Gasteiger partial charge in [0.2, 0.25) is 0 Å². The molecule has 0 radical (unpaired) electrons. The van der Waals surface area contributed by atoms with Crippen LogP contribution < -0.4 is 0 Å². The number of rotatable bonds is 4. The molecule has 0 amide bonds. The first-order chi connectivity index (χ1) is 19.5. The minimum atomic E-state index is 0.322. The van der Waals surface area contributed by atoms with E-state index in [9.17, 15) is 0 Å². The largest absolute Gasteiger partial charge is 0.298 e. The Bertz CT molecular complexity index is 1700. The van der Waals surface area contributed by atoms with E-state index in [0.717, 1.165) is 63.3 Å². The Morgan fingerprint density at radius 1 is 0.775 bits per heavy atom. The summed E-state index contributed by atoms with van der Waals surface area (Å²) in [5, 5.41) is 8.78. The van der Waals surface area contributed by atoms with E-state index in [0.29, 0.717) is 5.54 Å². The minimum Gasteiger partial charge on any atom is -0.298 e. The molecule has 0 saturated carbocycles. The normalized spacial score (nSPS) is 19.6. The lowest BCUT2D eigenvalue weighted by molar-refractivity contribution is 0.118. The zero-order valence-electron chi connectivity index (χ0n) is 23.7. The summed E-state index contributed by atoms with van der Waals surface area (Å²) in [6.45, 7) is 8.99. The topological polar surface area (TPSA) is 70.6 Å². The van der Waals surface area contributed by atoms with Crippen LogP contribution in [0, 0.1) is 13.8 Å². The fourth-order valence-electron chi connectivity index (χ4n) is 6.74. The molecule has 1 aliphatic carbocycles. The highest BCUT2D eigenvalue weighted by atomic mass is 15.2. The summed E-state index contributed by atoms with van der Waals surface area (Å²) < 4.78 is 0. The Labute approximate surface area is 235 Å². The van der Waals surface area contributed by atoms with Gasteiger partial charge in [-0.15, -0.1) is 0 Å². The lowest BCUT2D eigenvalue weighted by Gasteiger charge is -2.38. The molecule has 1 fully saturated rings. The second-order valence-electron chi connectivity index (χ2n) is 11.9. The standard InChI is InChI=1S/C34H36N6/c1-22-20-35-31(23(2)37-22)25-7-9-26(10-8-25)32-30-19-29(21-36-33(30)39-38-32)27-11-6-24-12-14-34(3,15-13-28(24)18-27)40-16-4-5-17-40/h6-11,18-21H,4-5,12-17H2,1-3H3,(H,36,38,39)/t34-/m0/s1. The molecule has 0 bridgehead atoms. The lowest BCUT2D eigenvalue weighted by atomic mass is 9.90. The van der Waals surface area contributed by atoms with Gasteiger partial charge in [0, 0.05) is 40.0 Å². The van der Waals surface area contributed by atoms with Gasteiger partial charge in [-0.1, -0.05) is 42.5 Å². The van der Waals surface area contributed by atoms with E-state index < -0.39 is 0 Å². The average Bonchev–Trinajstić information content (AvgIpc) is 3.63. The molecule has 1 aliphatic heterocycles. The number of aromatic amines is 1. The van der Waals surface area contributed by atoms with Crippen molar-refractivity contribution >= 4 is 11.0 Å². The first kappa shape index (κ1) is 25.1. The van der Waals surface area contributed by atoms with Crippen LogP contribution in [0.25, 0.3) is 44.7 Å². The van der Waals surface area contributed by atoms with Gasteiger partial charge in [0.05, 0.1) is 22.8 Å². The van der Waals surface area contributed by atoms with Crippen molar-refractivity contribution in [2.45, 2.75) is 64.8 Å². The number of aryl methyl sites for hydroxylation is 4. The quantitative estimate of drug-likeness (QED) is 0.252. The Morgan fingerprint density at radius 2 is 1.50 bits per heavy atom. The van der Waals surface area contributed by atoms with Crippen LogP contribution in [0.4, 0.5) is 0 Å². The summed E-state index contributed by atoms with van der Waals surface area (Å²) in [5.41, 5.74) is 12.3. The fraction of sp³-hybridized carbons (Fsp3) is 0.353. The molecule has 6 nitrogen and oxygen atoms in total. The van der Waals surface area contributed by atoms with Crippen molar-refractivity contribution in [3.05, 3.63) is 83.4 Å². The number of likely N-dealkylation sites (tertiary alicyclic amines) is 1. The van der Waals surface area contributed by atoms with Crippen LogP contribution >= 0.6 is 0 Å². The van der Waals surface area contributed by atoms with Crippen LogP contribution in [0.15, 0.2) is 60.9 Å². The summed E-state index contributed by atoms with van der Waals surface area (Å²) >= 11 is 0. The van der Waals surface area contributed by atoms with Crippen molar-refractivity contribution in [2.24, 2.45) is 0 Å². The molecular weight excluding hydrogens is 492 g/mol. The molecule has 40 heavy (non-hydrogen) atoms. The predicted octanol–water partition coefficient (Wildman–Crippen LogP) is 7.10. The monoisotopic (exact) mass is 528 g/mol. The van der Waals surface area contributed by atoms with E-state index in [-0.39, 0.29) is 0 Å². The summed E-state index contributed by atoms with van der Waals surface area (Å²) in [6, 6.07) is 17.7. The molecule has 0 unspecified atom stereocenters. The van der Waals surface area contributed by atoms with Gasteiger partial charge in [-0.05, 0) is 95.1 Å². The lowest BCUT2D eigenvalue weighted by Crippen LogP contribution is -2.44. The van der Waals surface area contributed by atoms with Gasteiger partial charge in [0.25, 0.3) is 0 Å². The van der Waals surface area contributed by atoms with Gasteiger partial charge in [-0.25, -0.2) is 4.98 Å². The Hall–Kier alpha value is -3.90. The number of fused-ring (bicyclic) bond motifs is 2. The Kier molecular flexibility index (Phi) is 6.23. The van der Waals surface area contributed by atoms with E-state index in [4.69, 9.17) is 4.98 Å². The molecule has 2 aromatic carbocycles. The van der Waals surface area contributed by atoms with Gasteiger partial charge in [0.15, 0.2) is 5.65 Å². The van der Waals surface area contributed by atoms with Crippen molar-refractivity contribution in [3.63, 3.8) is 0 Å². The number of aromatic nitrogens is 5. The van der Waals surface area contributed by atoms with E-state index in [1.807, 2.05) is 26.2 Å². The van der Waals surface area contributed by atoms with E-state index in [1.54, 1.807) is 0 Å². The third-order valence-electron chi connectivity index (χ3n) is 9.20. The van der Waals surface area contributed by atoms with Crippen molar-refractivity contribution < 1.29 is 0 Å². The maximum absolute atomic E-state index is 4.73. The highest BCUT2D eigenvalue weighted by molar-refractivity contribution is 5.93. The third kappa shape index (κ3) is 4.50. The van der Waals surface area contributed by atoms with Crippen LogP contribution in [-0.4, -0.2) is 48.7 Å². The van der Waals surface area contributed by atoms with Gasteiger partial charge in [-0.2, -0.15) is 5.10 Å². The maximum Gasteiger partial charge on any atom is 0.181 e. The van der Waals surface area contributed by atoms with E-state index >= 15 is 0 Å². The number of H-pyrrole nitrogens is 1. The molecule has 2 aliphatic rings. The van der Waals surface area contributed by atoms with Crippen molar-refractivity contribution in [1.29, 1.82) is 0 Å². The van der Waals surface area contributed by atoms with Gasteiger partial charge < -0.3 is 0 Å². The maximum atomic E-state index is 4.73. The van der Waals surface area contributed by atoms with Gasteiger partial charge in [-0.3, -0.25) is 20.0 Å². The highest BCUT2D eigenvalue weighted by Gasteiger charge is 2.34. The van der Waals surface area contributed by atoms with Crippen molar-refractivity contribution in [1.82, 2.24) is 30.0 Å². The molecule has 3 aromatic heterocycles. The number of hydrogen-bond donors (Lipinski definition) is 1. The number of pyridine rings is 1. The molecule has 6 heteroatoms. The molecule has 202 valence electrons. The summed E-state index contributed by atoms with van der Waals surface area (Å²) in [4.78, 5) is 16.7. The molecule has 0 spiro atoms. The van der Waals surface area contributed by atoms with Crippen molar-refractivity contribution in [3.8, 4) is 33.6 Å². The number of benzene rings is 2. The predicted molar refractivity (Wildman–Crippen MR) is 161 cm³/mol. The molecular formula is C34H36N6. The van der Waals surface area contributed by atoms with Crippen LogP contribution in [-0.2, 0) is 12.8 Å². The van der Waals surface area contributed by atoms with Crippen LogP contribution in [0.2, 0.25) is 0 Å². The second-order valence-corrected chi connectivity index (χ2v) is 11.9. The number of hydrogen-bond acceptors (Lipinski definition) is 5. The molecule has 1 N–H and O–H groups in total. The fourth-order valence-corrected chi connectivity index (χ4v) is 6.74. The van der Waals surface area contributed by atoms with Crippen LogP contribution in [0.5, 0.6) is 0 Å². The van der Waals surface area contributed by atoms with E-state index in [1.165, 1.54) is 55.5 Å². The van der Waals surface area contributed by atoms with E-state index in [2.05, 4.69) is 80.5 Å². The zero-order valence-corrected chi connectivity index (χ0v) is 23.7. The van der Waals surface area contributed by atoms with Crippen molar-refractivity contribution in [2.75, 3.05) is 13.1 Å². The third-order valence-corrected chi connectivity index (χ3v) is 9.20. The summed E-state index contributed by atoms with van der Waals surface area (Å²) in [6.07, 6.45) is 11.3. The molecule has 4 heterocycles. The number of nitrogens with one attached hydrogen (secondary N) is 1. The van der Waals surface area contributed by atoms with Gasteiger partial charge >= 0.3 is 0 Å². The Balaban J connectivity index is 1.18. The molecule has 1 atom stereocenters. The SMILES string of the molecule is Cc1cnc(-c2ccc(-c3[nH]nc4ncc(-c5ccc6c(c5)CC[C@@](C)(N5CCCC5)CC6)cc34)cc2)c(C)n1. The number of nitrogens with zero attached hydrogens (tertiary/aromatic N) is 5. The first-order valence-corrected chi connectivity index (χ1v) is 14.6. The van der Waals surface area contributed by atoms with Gasteiger partial charge in [0.1, 0.15) is 0 Å². The molecule has 1 saturated heterocycles. The first-order valence-electron chi connectivity index (χ1n) is 14.6. The average molecular weight is 529 g/mol. The highest BCUT2D eigenvalue weighted by Crippen LogP contribution is 2.37. The Morgan fingerprint density at radius 3 is 2.27 bits per heavy atom.